The van der Waals surface area contributed by atoms with Crippen LogP contribution in [0.3, 0.4) is 0 Å². The molecule has 7 heteroatoms. The lowest BCUT2D eigenvalue weighted by molar-refractivity contribution is -0.146. The summed E-state index contributed by atoms with van der Waals surface area (Å²) in [5, 5.41) is 9.72. The van der Waals surface area contributed by atoms with Crippen molar-refractivity contribution in [2.75, 3.05) is 13.8 Å². The van der Waals surface area contributed by atoms with Crippen LogP contribution in [0, 0.1) is 0 Å². The summed E-state index contributed by atoms with van der Waals surface area (Å²) < 4.78 is 10.0. The van der Waals surface area contributed by atoms with Crippen molar-refractivity contribution in [1.82, 2.24) is 4.90 Å². The Balaban J connectivity index is 1.53. The summed E-state index contributed by atoms with van der Waals surface area (Å²) >= 11 is 0. The Morgan fingerprint density at radius 1 is 1.08 bits per heavy atom. The minimum atomic E-state index is -0.545. The summed E-state index contributed by atoms with van der Waals surface area (Å²) in [6.07, 6.45) is 0.396. The lowest BCUT2D eigenvalue weighted by atomic mass is 10.1. The minimum Gasteiger partial charge on any atom is -0.504 e. The van der Waals surface area contributed by atoms with Crippen molar-refractivity contribution < 1.29 is 29.0 Å². The van der Waals surface area contributed by atoms with E-state index in [1.165, 1.54) is 13.2 Å². The molecule has 134 valence electrons. The van der Waals surface area contributed by atoms with Gasteiger partial charge in [0, 0.05) is 6.42 Å². The van der Waals surface area contributed by atoms with E-state index in [4.69, 9.17) is 9.47 Å². The number of fused-ring (bicyclic) bond motifs is 1. The molecule has 0 aliphatic carbocycles. The number of amides is 2. The molecule has 0 unspecified atom stereocenters. The first-order valence-corrected chi connectivity index (χ1v) is 7.98. The average molecular weight is 355 g/mol. The van der Waals surface area contributed by atoms with Gasteiger partial charge in [-0.2, -0.15) is 0 Å². The predicted molar refractivity (Wildman–Crippen MR) is 90.9 cm³/mol. The molecule has 0 saturated carbocycles. The summed E-state index contributed by atoms with van der Waals surface area (Å²) in [5.74, 6) is -1.15. The number of imide groups is 1. The van der Waals surface area contributed by atoms with Crippen LogP contribution in [-0.2, 0) is 16.0 Å². The molecule has 0 aromatic heterocycles. The van der Waals surface area contributed by atoms with Crippen molar-refractivity contribution in [3.8, 4) is 11.5 Å². The highest BCUT2D eigenvalue weighted by Crippen LogP contribution is 2.27. The van der Waals surface area contributed by atoms with E-state index in [2.05, 4.69) is 0 Å². The molecule has 1 N–H and O–H groups in total. The van der Waals surface area contributed by atoms with E-state index in [1.807, 2.05) is 0 Å². The van der Waals surface area contributed by atoms with Crippen LogP contribution in [0.15, 0.2) is 42.5 Å². The number of phenols is 1. The molecule has 0 spiro atoms. The zero-order valence-electron chi connectivity index (χ0n) is 14.1. The zero-order valence-corrected chi connectivity index (χ0v) is 14.1. The van der Waals surface area contributed by atoms with Gasteiger partial charge >= 0.3 is 5.97 Å². The molecule has 1 aliphatic heterocycles. The maximum atomic E-state index is 12.2. The molecule has 0 saturated heterocycles. The second-order valence-electron chi connectivity index (χ2n) is 5.74. The van der Waals surface area contributed by atoms with E-state index in [9.17, 15) is 19.5 Å². The van der Waals surface area contributed by atoms with Crippen molar-refractivity contribution in [1.29, 1.82) is 0 Å². The molecular formula is C19H17NO6. The van der Waals surface area contributed by atoms with Crippen LogP contribution in [-0.4, -0.2) is 41.6 Å². The molecule has 7 nitrogen and oxygen atoms in total. The summed E-state index contributed by atoms with van der Waals surface area (Å²) in [5.41, 5.74) is 1.35. The highest BCUT2D eigenvalue weighted by atomic mass is 16.5. The van der Waals surface area contributed by atoms with Crippen molar-refractivity contribution >= 4 is 17.8 Å². The Morgan fingerprint density at radius 3 is 2.31 bits per heavy atom. The number of nitrogens with zero attached hydrogens (tertiary/aromatic N) is 1. The van der Waals surface area contributed by atoms with Gasteiger partial charge in [-0.15, -0.1) is 0 Å². The number of hydrogen-bond acceptors (Lipinski definition) is 6. The number of ether oxygens (including phenoxy) is 2. The number of phenolic OH excluding ortho intramolecular Hbond substituents is 1. The third-order valence-electron chi connectivity index (χ3n) is 4.09. The van der Waals surface area contributed by atoms with E-state index in [0.29, 0.717) is 23.3 Å². The Morgan fingerprint density at radius 2 is 1.73 bits per heavy atom. The van der Waals surface area contributed by atoms with Crippen molar-refractivity contribution in [2.45, 2.75) is 12.8 Å². The summed E-state index contributed by atoms with van der Waals surface area (Å²) in [7, 11) is 1.45. The summed E-state index contributed by atoms with van der Waals surface area (Å²) in [4.78, 5) is 37.2. The quantitative estimate of drug-likeness (QED) is 0.630. The molecule has 0 bridgehead atoms. The first-order valence-electron chi connectivity index (χ1n) is 7.98. The smallest absolute Gasteiger partial charge is 0.307 e. The van der Waals surface area contributed by atoms with Crippen LogP contribution in [0.4, 0.5) is 0 Å². The Hall–Kier alpha value is -3.35. The molecule has 26 heavy (non-hydrogen) atoms. The molecular weight excluding hydrogens is 338 g/mol. The molecule has 0 radical (unpaired) electrons. The molecule has 3 rings (SSSR count). The van der Waals surface area contributed by atoms with Gasteiger partial charge in [0.1, 0.15) is 0 Å². The van der Waals surface area contributed by atoms with Crippen molar-refractivity contribution in [2.24, 2.45) is 0 Å². The number of rotatable bonds is 6. The average Bonchev–Trinajstić information content (AvgIpc) is 2.89. The standard InChI is InChI=1S/C19H17NO6/c1-25-16-8-6-12(10-15(16)21)7-9-17(22)26-11-20-18(23)13-4-2-3-5-14(13)19(20)24/h2-6,8,10,21H,7,9,11H2,1H3. The van der Waals surface area contributed by atoms with Gasteiger partial charge in [0.15, 0.2) is 18.2 Å². The highest BCUT2D eigenvalue weighted by Gasteiger charge is 2.35. The van der Waals surface area contributed by atoms with Crippen LogP contribution in [0.1, 0.15) is 32.7 Å². The zero-order chi connectivity index (χ0) is 18.7. The molecule has 1 aliphatic rings. The monoisotopic (exact) mass is 355 g/mol. The van der Waals surface area contributed by atoms with Crippen molar-refractivity contribution in [3.63, 3.8) is 0 Å². The van der Waals surface area contributed by atoms with Gasteiger partial charge in [0.25, 0.3) is 11.8 Å². The maximum Gasteiger partial charge on any atom is 0.307 e. The number of benzene rings is 2. The Labute approximate surface area is 149 Å². The first-order chi connectivity index (χ1) is 12.5. The van der Waals surface area contributed by atoms with Crippen LogP contribution in [0.5, 0.6) is 11.5 Å². The number of carbonyl (C=O) groups excluding carboxylic acids is 3. The summed E-state index contributed by atoms with van der Waals surface area (Å²) in [6, 6.07) is 11.3. The van der Waals surface area contributed by atoms with Gasteiger partial charge in [-0.25, -0.2) is 4.90 Å². The van der Waals surface area contributed by atoms with Gasteiger partial charge in [-0.1, -0.05) is 18.2 Å². The molecule has 2 amide bonds. The van der Waals surface area contributed by atoms with E-state index in [-0.39, 0.29) is 12.2 Å². The van der Waals surface area contributed by atoms with Crippen LogP contribution >= 0.6 is 0 Å². The topological polar surface area (TPSA) is 93.1 Å². The van der Waals surface area contributed by atoms with E-state index >= 15 is 0 Å². The lowest BCUT2D eigenvalue weighted by Gasteiger charge is -2.14. The van der Waals surface area contributed by atoms with E-state index < -0.39 is 24.5 Å². The molecule has 2 aromatic rings. The van der Waals surface area contributed by atoms with Crippen molar-refractivity contribution in [3.05, 3.63) is 59.2 Å². The SMILES string of the molecule is COc1ccc(CCC(=O)OCN2C(=O)c3ccccc3C2=O)cc1O. The van der Waals surface area contributed by atoms with Gasteiger partial charge in [-0.05, 0) is 36.2 Å². The fourth-order valence-electron chi connectivity index (χ4n) is 2.70. The number of carbonyl (C=O) groups is 3. The fourth-order valence-corrected chi connectivity index (χ4v) is 2.70. The molecule has 2 aromatic carbocycles. The predicted octanol–water partition coefficient (Wildman–Crippen LogP) is 2.13. The van der Waals surface area contributed by atoms with E-state index in [1.54, 1.807) is 36.4 Å². The van der Waals surface area contributed by atoms with Gasteiger partial charge in [0.2, 0.25) is 0 Å². The first kappa shape index (κ1) is 17.5. The fraction of sp³-hybridized carbons (Fsp3) is 0.211. The Bertz CT molecular complexity index is 841. The van der Waals surface area contributed by atoms with Gasteiger partial charge in [-0.3, -0.25) is 14.4 Å². The third kappa shape index (κ3) is 3.37. The highest BCUT2D eigenvalue weighted by molar-refractivity contribution is 6.21. The van der Waals surface area contributed by atoms with Gasteiger partial charge < -0.3 is 14.6 Å². The van der Waals surface area contributed by atoms with Crippen LogP contribution in [0.25, 0.3) is 0 Å². The second-order valence-corrected chi connectivity index (χ2v) is 5.74. The minimum absolute atomic E-state index is 0.00982. The normalized spacial score (nSPS) is 12.9. The number of aromatic hydroxyl groups is 1. The lowest BCUT2D eigenvalue weighted by Crippen LogP contribution is -2.33. The van der Waals surface area contributed by atoms with Crippen LogP contribution < -0.4 is 4.74 Å². The molecule has 0 fully saturated rings. The number of esters is 1. The van der Waals surface area contributed by atoms with Crippen LogP contribution in [0.2, 0.25) is 0 Å². The second kappa shape index (κ2) is 7.26. The number of hydrogen-bond donors (Lipinski definition) is 1. The largest absolute Gasteiger partial charge is 0.504 e. The molecule has 1 heterocycles. The molecule has 0 atom stereocenters. The van der Waals surface area contributed by atoms with Gasteiger partial charge in [0.05, 0.1) is 18.2 Å². The number of aryl methyl sites for hydroxylation is 1. The van der Waals surface area contributed by atoms with E-state index in [0.717, 1.165) is 10.5 Å². The Kier molecular flexibility index (Phi) is 4.88. The number of methoxy groups -OCH3 is 1. The maximum absolute atomic E-state index is 12.2. The summed E-state index contributed by atoms with van der Waals surface area (Å²) in [6.45, 7) is -0.418. The third-order valence-corrected chi connectivity index (χ3v) is 4.09.